The van der Waals surface area contributed by atoms with Crippen LogP contribution in [0.25, 0.3) is 11.2 Å². The van der Waals surface area contributed by atoms with Gasteiger partial charge >= 0.3 is 5.69 Å². The second kappa shape index (κ2) is 4.01. The van der Waals surface area contributed by atoms with Crippen LogP contribution in [0.1, 0.15) is 19.9 Å². The average Bonchev–Trinajstić information content (AvgIpc) is 2.73. The van der Waals surface area contributed by atoms with Crippen LogP contribution in [0.15, 0.2) is 9.59 Å². The highest BCUT2D eigenvalue weighted by Gasteiger charge is 2.19. The van der Waals surface area contributed by atoms with E-state index in [0.717, 1.165) is 4.57 Å². The summed E-state index contributed by atoms with van der Waals surface area (Å²) in [5, 5.41) is 2.95. The third-order valence-corrected chi connectivity index (χ3v) is 3.02. The van der Waals surface area contributed by atoms with Crippen LogP contribution in [-0.2, 0) is 14.1 Å². The maximum absolute atomic E-state index is 12.1. The minimum Gasteiger partial charge on any atom is -0.359 e. The summed E-state index contributed by atoms with van der Waals surface area (Å²) in [4.78, 5) is 28.3. The molecule has 1 N–H and O–H groups in total. The van der Waals surface area contributed by atoms with E-state index in [1.54, 1.807) is 14.1 Å². The highest BCUT2D eigenvalue weighted by atomic mass is 16.2. The molecule has 7 nitrogen and oxygen atoms in total. The predicted molar refractivity (Wildman–Crippen MR) is 70.1 cm³/mol. The Morgan fingerprint density at radius 1 is 1.17 bits per heavy atom. The minimum atomic E-state index is -0.371. The van der Waals surface area contributed by atoms with Crippen molar-refractivity contribution in [1.82, 2.24) is 18.7 Å². The van der Waals surface area contributed by atoms with E-state index in [4.69, 9.17) is 0 Å². The van der Waals surface area contributed by atoms with Gasteiger partial charge in [-0.1, -0.05) is 0 Å². The number of fused-ring (bicyclic) bond motifs is 1. The van der Waals surface area contributed by atoms with Gasteiger partial charge in [0.25, 0.3) is 5.56 Å². The van der Waals surface area contributed by atoms with Crippen molar-refractivity contribution >= 4 is 17.1 Å². The normalized spacial score (nSPS) is 11.4. The van der Waals surface area contributed by atoms with Crippen molar-refractivity contribution in [3.05, 3.63) is 20.8 Å². The Labute approximate surface area is 104 Å². The van der Waals surface area contributed by atoms with Gasteiger partial charge < -0.3 is 5.32 Å². The van der Waals surface area contributed by atoms with Crippen molar-refractivity contribution in [2.24, 2.45) is 14.1 Å². The Hall–Kier alpha value is -2.05. The number of rotatable bonds is 2. The second-order valence-electron chi connectivity index (χ2n) is 4.53. The van der Waals surface area contributed by atoms with Gasteiger partial charge in [0.1, 0.15) is 0 Å². The number of nitrogens with zero attached hydrogens (tertiary/aromatic N) is 4. The maximum Gasteiger partial charge on any atom is 0.332 e. The van der Waals surface area contributed by atoms with Crippen LogP contribution in [0, 0.1) is 0 Å². The molecule has 0 aliphatic rings. The van der Waals surface area contributed by atoms with E-state index in [9.17, 15) is 9.59 Å². The second-order valence-corrected chi connectivity index (χ2v) is 4.53. The van der Waals surface area contributed by atoms with Crippen molar-refractivity contribution in [2.45, 2.75) is 19.9 Å². The van der Waals surface area contributed by atoms with Crippen LogP contribution >= 0.6 is 0 Å². The fourth-order valence-corrected chi connectivity index (χ4v) is 2.11. The Bertz CT molecular complexity index is 720. The van der Waals surface area contributed by atoms with Crippen LogP contribution in [0.5, 0.6) is 0 Å². The lowest BCUT2D eigenvalue weighted by Gasteiger charge is -2.14. The molecule has 2 aromatic rings. The molecule has 2 aromatic heterocycles. The van der Waals surface area contributed by atoms with Gasteiger partial charge in [-0.05, 0) is 13.8 Å². The third-order valence-electron chi connectivity index (χ3n) is 3.02. The molecule has 18 heavy (non-hydrogen) atoms. The number of hydrogen-bond donors (Lipinski definition) is 1. The summed E-state index contributed by atoms with van der Waals surface area (Å²) < 4.78 is 4.36. The van der Waals surface area contributed by atoms with Crippen LogP contribution in [0.4, 0.5) is 5.95 Å². The van der Waals surface area contributed by atoms with Crippen molar-refractivity contribution < 1.29 is 0 Å². The molecule has 0 saturated heterocycles. The molecule has 0 amide bonds. The molecule has 0 fully saturated rings. The first-order valence-electron chi connectivity index (χ1n) is 5.75. The van der Waals surface area contributed by atoms with Crippen molar-refractivity contribution in [3.8, 4) is 0 Å². The smallest absolute Gasteiger partial charge is 0.332 e. The van der Waals surface area contributed by atoms with Gasteiger partial charge in [-0.25, -0.2) is 9.78 Å². The molecule has 0 saturated carbocycles. The average molecular weight is 251 g/mol. The zero-order chi connectivity index (χ0) is 13.6. The number of hydrogen-bond acceptors (Lipinski definition) is 4. The van der Waals surface area contributed by atoms with E-state index < -0.39 is 0 Å². The van der Waals surface area contributed by atoms with Gasteiger partial charge in [0.2, 0.25) is 5.95 Å². The molecular weight excluding hydrogens is 234 g/mol. The predicted octanol–water partition coefficient (Wildman–Crippen LogP) is 0.0563. The first-order valence-corrected chi connectivity index (χ1v) is 5.75. The topological polar surface area (TPSA) is 73.8 Å². The molecule has 0 aliphatic carbocycles. The van der Waals surface area contributed by atoms with Crippen molar-refractivity contribution in [1.29, 1.82) is 0 Å². The van der Waals surface area contributed by atoms with Crippen LogP contribution in [-0.4, -0.2) is 25.7 Å². The lowest BCUT2D eigenvalue weighted by molar-refractivity contribution is 0.600. The molecule has 0 bridgehead atoms. The molecule has 0 unspecified atom stereocenters. The number of imidazole rings is 1. The number of anilines is 1. The Balaban J connectivity index is 3.10. The number of aromatic nitrogens is 4. The zero-order valence-electron chi connectivity index (χ0n) is 11.2. The Kier molecular flexibility index (Phi) is 2.76. The summed E-state index contributed by atoms with van der Waals surface area (Å²) in [6.45, 7) is 3.95. The molecular formula is C11H17N5O2. The summed E-state index contributed by atoms with van der Waals surface area (Å²) in [5.74, 6) is 0.582. The highest BCUT2D eigenvalue weighted by molar-refractivity contribution is 5.74. The molecule has 7 heteroatoms. The van der Waals surface area contributed by atoms with Crippen LogP contribution in [0.2, 0.25) is 0 Å². The summed E-state index contributed by atoms with van der Waals surface area (Å²) in [6, 6.07) is 0.0927. The maximum atomic E-state index is 12.1. The van der Waals surface area contributed by atoms with Gasteiger partial charge in [-0.15, -0.1) is 0 Å². The molecule has 0 atom stereocenters. The zero-order valence-corrected chi connectivity index (χ0v) is 11.2. The van der Waals surface area contributed by atoms with Crippen molar-refractivity contribution in [3.63, 3.8) is 0 Å². The van der Waals surface area contributed by atoms with E-state index in [1.807, 2.05) is 18.4 Å². The largest absolute Gasteiger partial charge is 0.359 e. The van der Waals surface area contributed by atoms with E-state index in [2.05, 4.69) is 10.3 Å². The first-order chi connectivity index (χ1) is 8.40. The molecule has 0 aromatic carbocycles. The Morgan fingerprint density at radius 3 is 2.28 bits per heavy atom. The van der Waals surface area contributed by atoms with E-state index in [1.165, 1.54) is 11.6 Å². The molecule has 2 rings (SSSR count). The summed E-state index contributed by atoms with van der Waals surface area (Å²) in [6.07, 6.45) is 0. The molecule has 0 aliphatic heterocycles. The summed E-state index contributed by atoms with van der Waals surface area (Å²) >= 11 is 0. The standard InChI is InChI=1S/C11H17N5O2/c1-6(2)16-8-7(13-10(16)12-3)9(17)15(5)11(18)14(8)4/h6H,1-5H3,(H,12,13). The van der Waals surface area contributed by atoms with Gasteiger partial charge in [0.05, 0.1) is 0 Å². The SMILES string of the molecule is CNc1nc2c(=O)n(C)c(=O)n(C)c2n1C(C)C. The Morgan fingerprint density at radius 2 is 1.78 bits per heavy atom. The third kappa shape index (κ3) is 1.47. The van der Waals surface area contributed by atoms with Crippen LogP contribution < -0.4 is 16.6 Å². The minimum absolute atomic E-state index is 0.0927. The highest BCUT2D eigenvalue weighted by Crippen LogP contribution is 2.20. The van der Waals surface area contributed by atoms with Crippen molar-refractivity contribution in [2.75, 3.05) is 12.4 Å². The lowest BCUT2D eigenvalue weighted by atomic mass is 10.4. The van der Waals surface area contributed by atoms with E-state index in [0.29, 0.717) is 17.1 Å². The first kappa shape index (κ1) is 12.4. The fourth-order valence-electron chi connectivity index (χ4n) is 2.11. The quantitative estimate of drug-likeness (QED) is 0.819. The number of aryl methyl sites for hydroxylation is 1. The number of nitrogens with one attached hydrogen (secondary N) is 1. The van der Waals surface area contributed by atoms with E-state index in [-0.39, 0.29) is 17.3 Å². The van der Waals surface area contributed by atoms with Crippen LogP contribution in [0.3, 0.4) is 0 Å². The van der Waals surface area contributed by atoms with Gasteiger partial charge in [0, 0.05) is 27.2 Å². The molecule has 0 spiro atoms. The fraction of sp³-hybridized carbons (Fsp3) is 0.545. The van der Waals surface area contributed by atoms with E-state index >= 15 is 0 Å². The van der Waals surface area contributed by atoms with Gasteiger partial charge in [0.15, 0.2) is 11.2 Å². The van der Waals surface area contributed by atoms with Gasteiger partial charge in [-0.2, -0.15) is 0 Å². The molecule has 98 valence electrons. The molecule has 2 heterocycles. The van der Waals surface area contributed by atoms with Gasteiger partial charge in [-0.3, -0.25) is 18.5 Å². The summed E-state index contributed by atoms with van der Waals surface area (Å²) in [5.41, 5.74) is 0.126. The lowest BCUT2D eigenvalue weighted by Crippen LogP contribution is -2.37. The molecule has 0 radical (unpaired) electrons. The summed E-state index contributed by atoms with van der Waals surface area (Å²) in [7, 11) is 4.84. The monoisotopic (exact) mass is 251 g/mol.